The summed E-state index contributed by atoms with van der Waals surface area (Å²) in [5.74, 6) is -0.0800. The van der Waals surface area contributed by atoms with Gasteiger partial charge in [0.15, 0.2) is 0 Å². The zero-order valence-corrected chi connectivity index (χ0v) is 11.4. The van der Waals surface area contributed by atoms with Crippen LogP contribution in [0.1, 0.15) is 25.8 Å². The molecule has 1 amide bonds. The van der Waals surface area contributed by atoms with E-state index in [9.17, 15) is 4.79 Å². The highest BCUT2D eigenvalue weighted by Crippen LogP contribution is 2.28. The third-order valence-electron chi connectivity index (χ3n) is 2.46. The van der Waals surface area contributed by atoms with E-state index in [2.05, 4.69) is 5.32 Å². The van der Waals surface area contributed by atoms with Crippen molar-refractivity contribution in [2.45, 2.75) is 25.8 Å². The first-order valence-corrected chi connectivity index (χ1v) is 6.09. The summed E-state index contributed by atoms with van der Waals surface area (Å²) in [6.07, 6.45) is 0.310. The summed E-state index contributed by atoms with van der Waals surface area (Å²) >= 11 is 11.8. The van der Waals surface area contributed by atoms with Gasteiger partial charge in [0.25, 0.3) is 0 Å². The SMILES string of the molecule is CC(C)(NC(=O)CCN)c1ccc(Cl)c(Cl)c1. The summed E-state index contributed by atoms with van der Waals surface area (Å²) < 4.78 is 0. The number of nitrogens with two attached hydrogens (primary N) is 1. The summed E-state index contributed by atoms with van der Waals surface area (Å²) in [5.41, 5.74) is 5.73. The Morgan fingerprint density at radius 1 is 1.35 bits per heavy atom. The molecule has 0 aliphatic carbocycles. The second-order valence-corrected chi connectivity index (χ2v) is 5.16. The lowest BCUT2D eigenvalue weighted by molar-refractivity contribution is -0.122. The van der Waals surface area contributed by atoms with E-state index in [1.165, 1.54) is 0 Å². The second kappa shape index (κ2) is 5.71. The molecule has 0 heterocycles. The maximum absolute atomic E-state index is 11.5. The molecule has 0 atom stereocenters. The summed E-state index contributed by atoms with van der Waals surface area (Å²) in [6.45, 7) is 4.14. The van der Waals surface area contributed by atoms with Gasteiger partial charge in [-0.3, -0.25) is 4.79 Å². The number of benzene rings is 1. The van der Waals surface area contributed by atoms with Crippen LogP contribution < -0.4 is 11.1 Å². The van der Waals surface area contributed by atoms with E-state index >= 15 is 0 Å². The zero-order chi connectivity index (χ0) is 13.1. The van der Waals surface area contributed by atoms with E-state index in [-0.39, 0.29) is 5.91 Å². The van der Waals surface area contributed by atoms with Crippen LogP contribution >= 0.6 is 23.2 Å². The van der Waals surface area contributed by atoms with Crippen LogP contribution in [-0.4, -0.2) is 12.5 Å². The molecule has 0 bridgehead atoms. The van der Waals surface area contributed by atoms with Gasteiger partial charge < -0.3 is 11.1 Å². The number of hydrogen-bond donors (Lipinski definition) is 2. The predicted octanol–water partition coefficient (Wildman–Crippen LogP) is 2.69. The van der Waals surface area contributed by atoms with Crippen molar-refractivity contribution in [1.29, 1.82) is 0 Å². The molecule has 3 N–H and O–H groups in total. The van der Waals surface area contributed by atoms with E-state index < -0.39 is 5.54 Å². The number of hydrogen-bond acceptors (Lipinski definition) is 2. The topological polar surface area (TPSA) is 55.1 Å². The molecule has 3 nitrogen and oxygen atoms in total. The van der Waals surface area contributed by atoms with Crippen LogP contribution in [0, 0.1) is 0 Å². The molecule has 1 aromatic carbocycles. The Bertz CT molecular complexity index is 419. The maximum Gasteiger partial charge on any atom is 0.221 e. The minimum Gasteiger partial charge on any atom is -0.347 e. The van der Waals surface area contributed by atoms with Crippen LogP contribution in [0.2, 0.25) is 10.0 Å². The smallest absolute Gasteiger partial charge is 0.221 e. The maximum atomic E-state index is 11.5. The molecular weight excluding hydrogens is 259 g/mol. The molecule has 0 saturated heterocycles. The number of amides is 1. The summed E-state index contributed by atoms with van der Waals surface area (Å²) in [7, 11) is 0. The van der Waals surface area contributed by atoms with Gasteiger partial charge in [0.05, 0.1) is 15.6 Å². The minimum absolute atomic E-state index is 0.0800. The molecule has 0 radical (unpaired) electrons. The van der Waals surface area contributed by atoms with Crippen molar-refractivity contribution in [1.82, 2.24) is 5.32 Å². The van der Waals surface area contributed by atoms with Crippen molar-refractivity contribution in [3.63, 3.8) is 0 Å². The van der Waals surface area contributed by atoms with Gasteiger partial charge in [-0.05, 0) is 31.5 Å². The molecule has 0 unspecified atom stereocenters. The van der Waals surface area contributed by atoms with Gasteiger partial charge in [0, 0.05) is 13.0 Å². The fraction of sp³-hybridized carbons (Fsp3) is 0.417. The van der Waals surface area contributed by atoms with Crippen molar-refractivity contribution >= 4 is 29.1 Å². The molecule has 94 valence electrons. The molecule has 17 heavy (non-hydrogen) atoms. The van der Waals surface area contributed by atoms with Gasteiger partial charge in [-0.1, -0.05) is 29.3 Å². The van der Waals surface area contributed by atoms with E-state index in [0.717, 1.165) is 5.56 Å². The number of carbonyl (C=O) groups excluding carboxylic acids is 1. The van der Waals surface area contributed by atoms with Gasteiger partial charge in [0.1, 0.15) is 0 Å². The fourth-order valence-electron chi connectivity index (χ4n) is 1.50. The first kappa shape index (κ1) is 14.3. The van der Waals surface area contributed by atoms with Crippen molar-refractivity contribution in [2.24, 2.45) is 5.73 Å². The molecule has 1 aromatic rings. The Hall–Kier alpha value is -0.770. The van der Waals surface area contributed by atoms with Crippen LogP contribution in [0.3, 0.4) is 0 Å². The molecule has 5 heteroatoms. The number of nitrogens with one attached hydrogen (secondary N) is 1. The standard InChI is InChI=1S/C12H16Cl2N2O/c1-12(2,16-11(17)5-6-15)8-3-4-9(13)10(14)7-8/h3-4,7H,5-6,15H2,1-2H3,(H,16,17). The number of halogens is 2. The Morgan fingerprint density at radius 3 is 2.53 bits per heavy atom. The minimum atomic E-state index is -0.500. The van der Waals surface area contributed by atoms with Gasteiger partial charge in [-0.2, -0.15) is 0 Å². The molecule has 1 rings (SSSR count). The first-order chi connectivity index (χ1) is 7.86. The number of rotatable bonds is 4. The largest absolute Gasteiger partial charge is 0.347 e. The molecule has 0 fully saturated rings. The normalized spacial score (nSPS) is 11.4. The third kappa shape index (κ3) is 3.87. The number of carbonyl (C=O) groups is 1. The molecule has 0 aromatic heterocycles. The average Bonchev–Trinajstić information content (AvgIpc) is 2.21. The van der Waals surface area contributed by atoms with Gasteiger partial charge in [-0.25, -0.2) is 0 Å². The highest BCUT2D eigenvalue weighted by molar-refractivity contribution is 6.42. The van der Waals surface area contributed by atoms with E-state index in [1.54, 1.807) is 12.1 Å². The first-order valence-electron chi connectivity index (χ1n) is 5.33. The van der Waals surface area contributed by atoms with Gasteiger partial charge >= 0.3 is 0 Å². The van der Waals surface area contributed by atoms with Crippen LogP contribution in [0.15, 0.2) is 18.2 Å². The van der Waals surface area contributed by atoms with E-state index in [4.69, 9.17) is 28.9 Å². The second-order valence-electron chi connectivity index (χ2n) is 4.34. The lowest BCUT2D eigenvalue weighted by Crippen LogP contribution is -2.41. The zero-order valence-electron chi connectivity index (χ0n) is 9.89. The van der Waals surface area contributed by atoms with Crippen LogP contribution in [0.5, 0.6) is 0 Å². The van der Waals surface area contributed by atoms with Crippen LogP contribution in [0.4, 0.5) is 0 Å². The average molecular weight is 275 g/mol. The third-order valence-corrected chi connectivity index (χ3v) is 3.20. The predicted molar refractivity (Wildman–Crippen MR) is 71.3 cm³/mol. The Balaban J connectivity index is 2.88. The van der Waals surface area contributed by atoms with Crippen LogP contribution in [0.25, 0.3) is 0 Å². The highest BCUT2D eigenvalue weighted by Gasteiger charge is 2.23. The summed E-state index contributed by atoms with van der Waals surface area (Å²) in [6, 6.07) is 5.32. The Labute approximate surface area is 111 Å². The fourth-order valence-corrected chi connectivity index (χ4v) is 1.80. The molecule has 0 aliphatic heterocycles. The Morgan fingerprint density at radius 2 is 2.00 bits per heavy atom. The van der Waals surface area contributed by atoms with Gasteiger partial charge in [0.2, 0.25) is 5.91 Å². The highest BCUT2D eigenvalue weighted by atomic mass is 35.5. The van der Waals surface area contributed by atoms with Crippen molar-refractivity contribution < 1.29 is 4.79 Å². The molecule has 0 spiro atoms. The van der Waals surface area contributed by atoms with Gasteiger partial charge in [-0.15, -0.1) is 0 Å². The summed E-state index contributed by atoms with van der Waals surface area (Å²) in [4.78, 5) is 11.5. The summed E-state index contributed by atoms with van der Waals surface area (Å²) in [5, 5.41) is 3.88. The van der Waals surface area contributed by atoms with Crippen LogP contribution in [-0.2, 0) is 10.3 Å². The van der Waals surface area contributed by atoms with Crippen molar-refractivity contribution in [3.05, 3.63) is 33.8 Å². The molecule has 0 saturated carbocycles. The van der Waals surface area contributed by atoms with E-state index in [0.29, 0.717) is 23.0 Å². The lowest BCUT2D eigenvalue weighted by atomic mass is 9.94. The lowest BCUT2D eigenvalue weighted by Gasteiger charge is -2.27. The quantitative estimate of drug-likeness (QED) is 0.887. The van der Waals surface area contributed by atoms with E-state index in [1.807, 2.05) is 19.9 Å². The van der Waals surface area contributed by atoms with Crippen molar-refractivity contribution in [2.75, 3.05) is 6.54 Å². The molecule has 0 aliphatic rings. The van der Waals surface area contributed by atoms with Crippen molar-refractivity contribution in [3.8, 4) is 0 Å². The monoisotopic (exact) mass is 274 g/mol. The molecular formula is C12H16Cl2N2O. The Kier molecular flexibility index (Phi) is 4.80.